The van der Waals surface area contributed by atoms with Crippen LogP contribution in [-0.2, 0) is 4.79 Å². The fourth-order valence-corrected chi connectivity index (χ4v) is 0.679. The Kier molecular flexibility index (Phi) is 5.52. The van der Waals surface area contributed by atoms with Crippen LogP contribution in [0.2, 0.25) is 0 Å². The van der Waals surface area contributed by atoms with E-state index in [9.17, 15) is 4.79 Å². The number of aromatic nitrogens is 1. The standard InChI is InChI=1S/C7H9N.C3H6O2/c1-6-4-3-5-7(2)8-6;1-2-3(4)5/h3-5H,1-2H3;2H2,1H3,(H,4,5). The minimum absolute atomic E-state index is 0.222. The normalized spacial score (nSPS) is 8.54. The van der Waals surface area contributed by atoms with Gasteiger partial charge in [0.2, 0.25) is 0 Å². The quantitative estimate of drug-likeness (QED) is 0.722. The van der Waals surface area contributed by atoms with Crippen LogP contribution < -0.4 is 0 Å². The van der Waals surface area contributed by atoms with E-state index in [1.807, 2.05) is 32.0 Å². The number of pyridine rings is 1. The van der Waals surface area contributed by atoms with Crippen LogP contribution in [-0.4, -0.2) is 16.1 Å². The van der Waals surface area contributed by atoms with E-state index in [-0.39, 0.29) is 6.42 Å². The van der Waals surface area contributed by atoms with Gasteiger partial charge in [-0.3, -0.25) is 9.78 Å². The Labute approximate surface area is 78.4 Å². The number of rotatable bonds is 1. The molecule has 0 aliphatic carbocycles. The number of aliphatic carboxylic acids is 1. The van der Waals surface area contributed by atoms with Crippen molar-refractivity contribution < 1.29 is 9.90 Å². The summed E-state index contributed by atoms with van der Waals surface area (Å²) >= 11 is 0. The predicted molar refractivity (Wildman–Crippen MR) is 51.6 cm³/mol. The lowest BCUT2D eigenvalue weighted by Crippen LogP contribution is -1.86. The highest BCUT2D eigenvalue weighted by Gasteiger charge is 1.82. The first-order valence-corrected chi connectivity index (χ1v) is 4.18. The average Bonchev–Trinajstić information content (AvgIpc) is 2.05. The Bertz CT molecular complexity index is 254. The molecule has 0 amide bonds. The minimum Gasteiger partial charge on any atom is -0.481 e. The summed E-state index contributed by atoms with van der Waals surface area (Å²) in [7, 11) is 0. The number of hydrogen-bond acceptors (Lipinski definition) is 2. The number of hydrogen-bond donors (Lipinski definition) is 1. The molecular weight excluding hydrogens is 166 g/mol. The molecule has 0 saturated heterocycles. The van der Waals surface area contributed by atoms with E-state index < -0.39 is 5.97 Å². The summed E-state index contributed by atoms with van der Waals surface area (Å²) < 4.78 is 0. The fraction of sp³-hybridized carbons (Fsp3) is 0.400. The molecule has 0 aliphatic rings. The maximum absolute atomic E-state index is 9.37. The maximum Gasteiger partial charge on any atom is 0.303 e. The topological polar surface area (TPSA) is 50.2 Å². The van der Waals surface area contributed by atoms with E-state index in [2.05, 4.69) is 4.98 Å². The third-order valence-corrected chi connectivity index (χ3v) is 1.33. The molecule has 1 aromatic rings. The molecule has 0 unspecified atom stereocenters. The smallest absolute Gasteiger partial charge is 0.303 e. The average molecular weight is 181 g/mol. The van der Waals surface area contributed by atoms with Crippen molar-refractivity contribution in [3.63, 3.8) is 0 Å². The molecule has 0 aliphatic heterocycles. The van der Waals surface area contributed by atoms with Crippen LogP contribution in [0.1, 0.15) is 24.7 Å². The summed E-state index contributed by atoms with van der Waals surface area (Å²) in [5.74, 6) is -0.745. The van der Waals surface area contributed by atoms with E-state index in [0.717, 1.165) is 11.4 Å². The molecule has 0 aromatic carbocycles. The zero-order valence-corrected chi connectivity index (χ0v) is 8.24. The van der Waals surface area contributed by atoms with Gasteiger partial charge in [-0.2, -0.15) is 0 Å². The monoisotopic (exact) mass is 181 g/mol. The number of carboxylic acids is 1. The van der Waals surface area contributed by atoms with Gasteiger partial charge in [-0.1, -0.05) is 13.0 Å². The van der Waals surface area contributed by atoms with Crippen molar-refractivity contribution in [3.05, 3.63) is 29.6 Å². The summed E-state index contributed by atoms with van der Waals surface area (Å²) in [6.07, 6.45) is 0.222. The number of carboxylic acid groups (broad SMARTS) is 1. The van der Waals surface area contributed by atoms with Gasteiger partial charge in [0.15, 0.2) is 0 Å². The van der Waals surface area contributed by atoms with Crippen LogP contribution >= 0.6 is 0 Å². The van der Waals surface area contributed by atoms with Gasteiger partial charge in [-0.15, -0.1) is 0 Å². The van der Waals surface area contributed by atoms with Crippen molar-refractivity contribution in [1.82, 2.24) is 4.98 Å². The van der Waals surface area contributed by atoms with E-state index in [1.54, 1.807) is 6.92 Å². The zero-order valence-electron chi connectivity index (χ0n) is 8.24. The van der Waals surface area contributed by atoms with Gasteiger partial charge in [-0.05, 0) is 26.0 Å². The molecule has 1 N–H and O–H groups in total. The van der Waals surface area contributed by atoms with Crippen LogP contribution in [0.5, 0.6) is 0 Å². The van der Waals surface area contributed by atoms with Gasteiger partial charge in [-0.25, -0.2) is 0 Å². The van der Waals surface area contributed by atoms with Crippen molar-refractivity contribution in [2.45, 2.75) is 27.2 Å². The highest BCUT2D eigenvalue weighted by molar-refractivity contribution is 5.66. The summed E-state index contributed by atoms with van der Waals surface area (Å²) in [6, 6.07) is 6.00. The predicted octanol–water partition coefficient (Wildman–Crippen LogP) is 2.18. The summed E-state index contributed by atoms with van der Waals surface area (Å²) in [5, 5.41) is 7.72. The van der Waals surface area contributed by atoms with Crippen molar-refractivity contribution in [2.75, 3.05) is 0 Å². The van der Waals surface area contributed by atoms with Gasteiger partial charge < -0.3 is 5.11 Å². The van der Waals surface area contributed by atoms with Gasteiger partial charge in [0, 0.05) is 17.8 Å². The molecule has 0 spiro atoms. The third-order valence-electron chi connectivity index (χ3n) is 1.33. The summed E-state index contributed by atoms with van der Waals surface area (Å²) in [5.41, 5.74) is 2.18. The first-order chi connectivity index (χ1) is 6.06. The molecule has 0 radical (unpaired) electrons. The number of nitrogens with zero attached hydrogens (tertiary/aromatic N) is 1. The highest BCUT2D eigenvalue weighted by Crippen LogP contribution is 1.93. The van der Waals surface area contributed by atoms with Crippen LogP contribution in [0.3, 0.4) is 0 Å². The maximum atomic E-state index is 9.37. The second-order valence-corrected chi connectivity index (χ2v) is 2.67. The molecule has 3 nitrogen and oxygen atoms in total. The first kappa shape index (κ1) is 11.6. The summed E-state index contributed by atoms with van der Waals surface area (Å²) in [6.45, 7) is 5.59. The van der Waals surface area contributed by atoms with Gasteiger partial charge in [0.05, 0.1) is 0 Å². The van der Waals surface area contributed by atoms with E-state index in [4.69, 9.17) is 5.11 Å². The molecule has 1 heterocycles. The minimum atomic E-state index is -0.745. The van der Waals surface area contributed by atoms with Gasteiger partial charge in [0.1, 0.15) is 0 Å². The molecule has 1 aromatic heterocycles. The second-order valence-electron chi connectivity index (χ2n) is 2.67. The van der Waals surface area contributed by atoms with Gasteiger partial charge >= 0.3 is 5.97 Å². The van der Waals surface area contributed by atoms with Crippen molar-refractivity contribution in [2.24, 2.45) is 0 Å². The molecule has 0 fully saturated rings. The molecule has 0 atom stereocenters. The lowest BCUT2D eigenvalue weighted by atomic mass is 10.3. The van der Waals surface area contributed by atoms with E-state index in [1.165, 1.54) is 0 Å². The molecule has 3 heteroatoms. The Morgan fingerprint density at radius 1 is 1.38 bits per heavy atom. The second kappa shape index (κ2) is 6.17. The van der Waals surface area contributed by atoms with Crippen molar-refractivity contribution in [1.29, 1.82) is 0 Å². The van der Waals surface area contributed by atoms with E-state index >= 15 is 0 Å². The first-order valence-electron chi connectivity index (χ1n) is 4.18. The van der Waals surface area contributed by atoms with Crippen LogP contribution in [0.15, 0.2) is 18.2 Å². The molecule has 72 valence electrons. The Morgan fingerprint density at radius 2 is 1.77 bits per heavy atom. The van der Waals surface area contributed by atoms with E-state index in [0.29, 0.717) is 0 Å². The fourth-order valence-electron chi connectivity index (χ4n) is 0.679. The Hall–Kier alpha value is -1.38. The molecule has 0 bridgehead atoms. The Morgan fingerprint density at radius 3 is 1.92 bits per heavy atom. The lowest BCUT2D eigenvalue weighted by molar-refractivity contribution is -0.136. The third kappa shape index (κ3) is 7.00. The summed E-state index contributed by atoms with van der Waals surface area (Å²) in [4.78, 5) is 13.5. The molecule has 13 heavy (non-hydrogen) atoms. The van der Waals surface area contributed by atoms with Crippen LogP contribution in [0.25, 0.3) is 0 Å². The number of aryl methyl sites for hydroxylation is 2. The SMILES string of the molecule is CCC(=O)O.Cc1cccc(C)n1. The van der Waals surface area contributed by atoms with Crippen molar-refractivity contribution >= 4 is 5.97 Å². The van der Waals surface area contributed by atoms with Crippen LogP contribution in [0.4, 0.5) is 0 Å². The molecular formula is C10H15NO2. The molecule has 0 saturated carbocycles. The van der Waals surface area contributed by atoms with Crippen molar-refractivity contribution in [3.8, 4) is 0 Å². The molecule has 1 rings (SSSR count). The highest BCUT2D eigenvalue weighted by atomic mass is 16.4. The lowest BCUT2D eigenvalue weighted by Gasteiger charge is -1.90. The zero-order chi connectivity index (χ0) is 10.3. The largest absolute Gasteiger partial charge is 0.481 e. The van der Waals surface area contributed by atoms with Crippen LogP contribution in [0, 0.1) is 13.8 Å². The Balaban J connectivity index is 0.000000252. The number of carbonyl (C=O) groups is 1. The van der Waals surface area contributed by atoms with Gasteiger partial charge in [0.25, 0.3) is 0 Å².